The molecule has 0 N–H and O–H groups in total. The Morgan fingerprint density at radius 1 is 1.12 bits per heavy atom. The van der Waals surface area contributed by atoms with Crippen molar-refractivity contribution in [3.05, 3.63) is 59.5 Å². The molecule has 0 unspecified atom stereocenters. The third-order valence-electron chi connectivity index (χ3n) is 4.12. The van der Waals surface area contributed by atoms with Gasteiger partial charge in [0.25, 0.3) is 11.8 Å². The number of esters is 1. The van der Waals surface area contributed by atoms with Crippen molar-refractivity contribution in [3.8, 4) is 5.75 Å². The first kappa shape index (κ1) is 16.0. The topological polar surface area (TPSA) is 89.7 Å². The number of fused-ring (bicyclic) bond motifs is 2. The second-order valence-corrected chi connectivity index (χ2v) is 5.89. The molecule has 0 saturated carbocycles. The molecule has 0 aliphatic carbocycles. The van der Waals surface area contributed by atoms with E-state index in [1.54, 1.807) is 49.4 Å². The average molecular weight is 350 g/mol. The quantitative estimate of drug-likeness (QED) is 0.408. The lowest BCUT2D eigenvalue weighted by molar-refractivity contribution is -0.134. The van der Waals surface area contributed by atoms with Crippen LogP contribution < -0.4 is 4.74 Å². The lowest BCUT2D eigenvalue weighted by Gasteiger charge is -2.13. The number of hydrogen-bond donors (Lipinski definition) is 0. The average Bonchev–Trinajstić information content (AvgIpc) is 3.11. The van der Waals surface area contributed by atoms with Crippen molar-refractivity contribution in [2.45, 2.75) is 13.3 Å². The van der Waals surface area contributed by atoms with Crippen LogP contribution in [0.2, 0.25) is 0 Å². The van der Waals surface area contributed by atoms with Gasteiger partial charge in [0.05, 0.1) is 17.5 Å². The van der Waals surface area contributed by atoms with Gasteiger partial charge in [0.1, 0.15) is 11.3 Å². The molecule has 0 atom stereocenters. The zero-order valence-corrected chi connectivity index (χ0v) is 13.9. The summed E-state index contributed by atoms with van der Waals surface area (Å²) < 4.78 is 10.6. The fourth-order valence-electron chi connectivity index (χ4n) is 2.91. The van der Waals surface area contributed by atoms with Crippen LogP contribution in [0, 0.1) is 6.92 Å². The maximum atomic E-state index is 12.3. The number of aryl methyl sites for hydroxylation is 1. The van der Waals surface area contributed by atoms with Gasteiger partial charge < -0.3 is 9.15 Å². The summed E-state index contributed by atoms with van der Waals surface area (Å²) in [5, 5.41) is 0. The summed E-state index contributed by atoms with van der Waals surface area (Å²) in [4.78, 5) is 41.8. The number of nitrogens with zero attached hydrogens (tertiary/aromatic N) is 2. The molecule has 0 fully saturated rings. The van der Waals surface area contributed by atoms with E-state index < -0.39 is 17.8 Å². The van der Waals surface area contributed by atoms with E-state index in [4.69, 9.17) is 9.15 Å². The molecule has 4 rings (SSSR count). The predicted octanol–water partition coefficient (Wildman–Crippen LogP) is 2.73. The van der Waals surface area contributed by atoms with Crippen LogP contribution in [0.4, 0.5) is 0 Å². The third kappa shape index (κ3) is 2.73. The molecule has 2 heterocycles. The van der Waals surface area contributed by atoms with Gasteiger partial charge in [-0.25, -0.2) is 4.98 Å². The predicted molar refractivity (Wildman–Crippen MR) is 90.8 cm³/mol. The highest BCUT2D eigenvalue weighted by molar-refractivity contribution is 6.21. The number of hydrogen-bond acceptors (Lipinski definition) is 6. The summed E-state index contributed by atoms with van der Waals surface area (Å²) in [6, 6.07) is 11.5. The molecule has 0 saturated heterocycles. The molecule has 7 nitrogen and oxygen atoms in total. The molecule has 3 aromatic rings. The molecule has 130 valence electrons. The van der Waals surface area contributed by atoms with Crippen molar-refractivity contribution in [3.63, 3.8) is 0 Å². The Kier molecular flexibility index (Phi) is 3.76. The van der Waals surface area contributed by atoms with Gasteiger partial charge in [-0.3, -0.25) is 19.3 Å². The molecule has 2 aromatic carbocycles. The SMILES string of the molecule is Cc1nc2cc(OC(=O)CCN3C(=O)c4ccccc4C3=O)ccc2o1. The maximum absolute atomic E-state index is 12.3. The van der Waals surface area contributed by atoms with E-state index in [1.807, 2.05) is 0 Å². The van der Waals surface area contributed by atoms with Crippen molar-refractivity contribution in [2.75, 3.05) is 6.54 Å². The van der Waals surface area contributed by atoms with Crippen molar-refractivity contribution in [2.24, 2.45) is 0 Å². The molecule has 1 aromatic heterocycles. The summed E-state index contributed by atoms with van der Waals surface area (Å²) in [7, 11) is 0. The summed E-state index contributed by atoms with van der Waals surface area (Å²) in [6.45, 7) is 1.70. The van der Waals surface area contributed by atoms with Gasteiger partial charge in [0.15, 0.2) is 11.5 Å². The van der Waals surface area contributed by atoms with Crippen LogP contribution in [0.15, 0.2) is 46.9 Å². The van der Waals surface area contributed by atoms with E-state index in [-0.39, 0.29) is 13.0 Å². The summed E-state index contributed by atoms with van der Waals surface area (Å²) >= 11 is 0. The Hall–Kier alpha value is -3.48. The van der Waals surface area contributed by atoms with Crippen molar-refractivity contribution < 1.29 is 23.5 Å². The Morgan fingerprint density at radius 3 is 2.50 bits per heavy atom. The van der Waals surface area contributed by atoms with Crippen molar-refractivity contribution >= 4 is 28.9 Å². The Balaban J connectivity index is 1.41. The van der Waals surface area contributed by atoms with E-state index >= 15 is 0 Å². The van der Waals surface area contributed by atoms with Crippen molar-refractivity contribution in [1.29, 1.82) is 0 Å². The van der Waals surface area contributed by atoms with Gasteiger partial charge in [0.2, 0.25) is 0 Å². The first-order valence-corrected chi connectivity index (χ1v) is 8.06. The van der Waals surface area contributed by atoms with Gasteiger partial charge in [-0.1, -0.05) is 12.1 Å². The number of ether oxygens (including phenoxy) is 1. The molecule has 1 aliphatic heterocycles. The minimum atomic E-state index is -0.541. The smallest absolute Gasteiger partial charge is 0.313 e. The van der Waals surface area contributed by atoms with Crippen LogP contribution in [-0.2, 0) is 4.79 Å². The van der Waals surface area contributed by atoms with Crippen LogP contribution in [0.1, 0.15) is 33.0 Å². The highest BCUT2D eigenvalue weighted by Crippen LogP contribution is 2.24. The summed E-state index contributed by atoms with van der Waals surface area (Å²) in [5.74, 6) is -0.468. The van der Waals surface area contributed by atoms with Gasteiger partial charge in [-0.05, 0) is 24.3 Å². The van der Waals surface area contributed by atoms with E-state index in [9.17, 15) is 14.4 Å². The zero-order chi connectivity index (χ0) is 18.3. The first-order valence-electron chi connectivity index (χ1n) is 8.06. The molecule has 0 radical (unpaired) electrons. The molecular weight excluding hydrogens is 336 g/mol. The second kappa shape index (κ2) is 6.11. The highest BCUT2D eigenvalue weighted by atomic mass is 16.5. The fraction of sp³-hybridized carbons (Fsp3) is 0.158. The molecule has 7 heteroatoms. The molecule has 0 bridgehead atoms. The molecule has 0 spiro atoms. The van der Waals surface area contributed by atoms with Crippen LogP contribution >= 0.6 is 0 Å². The normalized spacial score (nSPS) is 13.3. The molecule has 2 amide bonds. The van der Waals surface area contributed by atoms with Gasteiger partial charge in [-0.2, -0.15) is 0 Å². The standard InChI is InChI=1S/C19H14N2O5/c1-11-20-15-10-12(6-7-16(15)25-11)26-17(22)8-9-21-18(23)13-4-2-3-5-14(13)19(21)24/h2-7,10H,8-9H2,1H3. The molecular formula is C19H14N2O5. The molecule has 26 heavy (non-hydrogen) atoms. The summed E-state index contributed by atoms with van der Waals surface area (Å²) in [6.07, 6.45) is -0.0959. The molecule has 1 aliphatic rings. The number of rotatable bonds is 4. The van der Waals surface area contributed by atoms with E-state index in [0.29, 0.717) is 33.9 Å². The second-order valence-electron chi connectivity index (χ2n) is 5.89. The Labute approximate surface area is 148 Å². The lowest BCUT2D eigenvalue weighted by Crippen LogP contribution is -2.32. The van der Waals surface area contributed by atoms with Crippen molar-refractivity contribution in [1.82, 2.24) is 9.88 Å². The Morgan fingerprint density at radius 2 is 1.81 bits per heavy atom. The number of carbonyl (C=O) groups is 3. The first-order chi connectivity index (χ1) is 12.5. The van der Waals surface area contributed by atoms with Crippen LogP contribution in [0.25, 0.3) is 11.1 Å². The number of benzene rings is 2. The lowest BCUT2D eigenvalue weighted by atomic mass is 10.1. The number of imide groups is 1. The zero-order valence-electron chi connectivity index (χ0n) is 13.9. The third-order valence-corrected chi connectivity index (χ3v) is 4.12. The number of carbonyl (C=O) groups excluding carboxylic acids is 3. The van der Waals surface area contributed by atoms with Gasteiger partial charge in [-0.15, -0.1) is 0 Å². The van der Waals surface area contributed by atoms with E-state index in [2.05, 4.69) is 4.98 Å². The van der Waals surface area contributed by atoms with E-state index in [0.717, 1.165) is 4.90 Å². The number of oxazole rings is 1. The van der Waals surface area contributed by atoms with Gasteiger partial charge >= 0.3 is 5.97 Å². The van der Waals surface area contributed by atoms with Crippen LogP contribution in [-0.4, -0.2) is 34.2 Å². The minimum Gasteiger partial charge on any atom is -0.441 e. The van der Waals surface area contributed by atoms with Crippen LogP contribution in [0.5, 0.6) is 5.75 Å². The minimum absolute atomic E-state index is 0.0313. The van der Waals surface area contributed by atoms with E-state index in [1.165, 1.54) is 0 Å². The monoisotopic (exact) mass is 350 g/mol. The fourth-order valence-corrected chi connectivity index (χ4v) is 2.91. The van der Waals surface area contributed by atoms with Crippen LogP contribution in [0.3, 0.4) is 0 Å². The maximum Gasteiger partial charge on any atom is 0.313 e. The summed E-state index contributed by atoms with van der Waals surface area (Å²) in [5.41, 5.74) is 1.91. The largest absolute Gasteiger partial charge is 0.441 e. The number of amides is 2. The van der Waals surface area contributed by atoms with Gasteiger partial charge in [0, 0.05) is 19.5 Å². The Bertz CT molecular complexity index is 1020. The number of aromatic nitrogens is 1. The highest BCUT2D eigenvalue weighted by Gasteiger charge is 2.35.